The van der Waals surface area contributed by atoms with Crippen molar-refractivity contribution in [2.45, 2.75) is 102 Å². The highest BCUT2D eigenvalue weighted by Crippen LogP contribution is 2.33. The van der Waals surface area contributed by atoms with Crippen LogP contribution in [0.2, 0.25) is 0 Å². The van der Waals surface area contributed by atoms with Crippen LogP contribution in [0.3, 0.4) is 0 Å². The van der Waals surface area contributed by atoms with E-state index in [1.807, 2.05) is 12.3 Å². The van der Waals surface area contributed by atoms with E-state index in [1.54, 1.807) is 17.7 Å². The van der Waals surface area contributed by atoms with Gasteiger partial charge in [-0.1, -0.05) is 31.0 Å². The summed E-state index contributed by atoms with van der Waals surface area (Å²) in [5.74, 6) is 0.826. The number of pyridine rings is 2. The van der Waals surface area contributed by atoms with Crippen LogP contribution in [0.4, 0.5) is 17.5 Å². The molecule has 12 nitrogen and oxygen atoms in total. The number of hydrogen-bond acceptors (Lipinski definition) is 10. The van der Waals surface area contributed by atoms with Gasteiger partial charge in [-0.25, -0.2) is 9.97 Å². The van der Waals surface area contributed by atoms with Crippen LogP contribution in [0.15, 0.2) is 53.6 Å². The lowest BCUT2D eigenvalue weighted by Gasteiger charge is -2.42. The van der Waals surface area contributed by atoms with E-state index in [-0.39, 0.29) is 40.7 Å². The molecule has 6 heterocycles. The summed E-state index contributed by atoms with van der Waals surface area (Å²) in [6, 6.07) is 13.1. The maximum atomic E-state index is 13.6. The summed E-state index contributed by atoms with van der Waals surface area (Å²) in [5, 5.41) is 6.44. The first-order valence-corrected chi connectivity index (χ1v) is 19.8. The molecule has 2 N–H and O–H groups in total. The number of amides is 2. The van der Waals surface area contributed by atoms with Gasteiger partial charge in [-0.15, -0.1) is 0 Å². The number of imide groups is 1. The number of Topliss-reactive ketones (excluding diaryl/α,β-unsaturated/α-hetero) is 1. The van der Waals surface area contributed by atoms with Gasteiger partial charge in [0.15, 0.2) is 5.78 Å². The molecule has 54 heavy (non-hydrogen) atoms. The fraction of sp³-hybridized carbons (Fsp3) is 0.500. The Kier molecular flexibility index (Phi) is 10.3. The van der Waals surface area contributed by atoms with Crippen molar-refractivity contribution in [3.63, 3.8) is 0 Å². The quantitative estimate of drug-likeness (QED) is 0.156. The molecule has 1 saturated carbocycles. The Labute approximate surface area is 315 Å². The molecule has 8 rings (SSSR count). The normalized spacial score (nSPS) is 20.8. The molecule has 1 aliphatic carbocycles. The summed E-state index contributed by atoms with van der Waals surface area (Å²) in [4.78, 5) is 69.0. The van der Waals surface area contributed by atoms with Gasteiger partial charge in [0, 0.05) is 55.1 Å². The van der Waals surface area contributed by atoms with Gasteiger partial charge in [0.25, 0.3) is 5.56 Å². The van der Waals surface area contributed by atoms with Crippen LogP contribution in [0.5, 0.6) is 0 Å². The van der Waals surface area contributed by atoms with Crippen LogP contribution < -0.4 is 21.1 Å². The Morgan fingerprint density at radius 3 is 2.26 bits per heavy atom. The van der Waals surface area contributed by atoms with Crippen LogP contribution in [-0.2, 0) is 16.0 Å². The summed E-state index contributed by atoms with van der Waals surface area (Å²) in [5.41, 5.74) is 4.58. The van der Waals surface area contributed by atoms with Crippen molar-refractivity contribution in [2.24, 2.45) is 5.92 Å². The number of nitrogens with one attached hydrogen (secondary N) is 2. The second-order valence-electron chi connectivity index (χ2n) is 15.8. The average molecular weight is 731 g/mol. The predicted molar refractivity (Wildman–Crippen MR) is 208 cm³/mol. The van der Waals surface area contributed by atoms with Gasteiger partial charge in [0.05, 0.1) is 11.5 Å². The Hall–Kier alpha value is -4.97. The number of ketones is 1. The Balaban J connectivity index is 0.830. The number of nitrogens with zero attached hydrogens (tertiary/aromatic N) is 6. The Morgan fingerprint density at radius 1 is 0.852 bits per heavy atom. The largest absolute Gasteiger partial charge is 0.371 e. The number of aromatic nitrogens is 4. The molecule has 2 amide bonds. The lowest BCUT2D eigenvalue weighted by atomic mass is 9.89. The number of likely N-dealkylation sites (tertiary alicyclic amines) is 1. The molecule has 12 heteroatoms. The standard InChI is InChI=1S/C42H50N8O4/c1-26-35-25-44-42(47-39(35)50(33-5-3-4-6-33)41(54)38(26)27(2)51)45-36-13-7-29(24-43-36)23-28-15-19-48(20-16-28)32-17-21-49(22-18-32)31-10-8-30(9-11-31)34-12-14-37(52)46-40(34)53/h7-11,13,24-25,28,32-34H,3-6,12,14-23H2,1-2H3,(H,46,52,53)(H,43,44,45,47). The first-order chi connectivity index (χ1) is 26.2. The molecule has 0 bridgehead atoms. The molecule has 0 spiro atoms. The van der Waals surface area contributed by atoms with Gasteiger partial charge in [-0.2, -0.15) is 4.98 Å². The molecule has 3 aromatic heterocycles. The number of aryl methyl sites for hydroxylation is 1. The van der Waals surface area contributed by atoms with E-state index in [4.69, 9.17) is 9.97 Å². The van der Waals surface area contributed by atoms with Crippen molar-refractivity contribution in [3.8, 4) is 0 Å². The van der Waals surface area contributed by atoms with E-state index >= 15 is 0 Å². The molecule has 1 unspecified atom stereocenters. The fourth-order valence-electron chi connectivity index (χ4n) is 9.32. The summed E-state index contributed by atoms with van der Waals surface area (Å²) in [7, 11) is 0. The third-order valence-electron chi connectivity index (χ3n) is 12.4. The third kappa shape index (κ3) is 7.40. The predicted octanol–water partition coefficient (Wildman–Crippen LogP) is 6.00. The van der Waals surface area contributed by atoms with E-state index in [0.717, 1.165) is 82.1 Å². The molecular formula is C42H50N8O4. The summed E-state index contributed by atoms with van der Waals surface area (Å²) in [6.45, 7) is 7.56. The molecular weight excluding hydrogens is 681 g/mol. The van der Waals surface area contributed by atoms with Gasteiger partial charge in [0.1, 0.15) is 11.5 Å². The second-order valence-corrected chi connectivity index (χ2v) is 15.8. The number of hydrogen-bond donors (Lipinski definition) is 2. The molecule has 1 aromatic carbocycles. The number of benzene rings is 1. The highest BCUT2D eigenvalue weighted by Gasteiger charge is 2.31. The van der Waals surface area contributed by atoms with E-state index < -0.39 is 0 Å². The zero-order chi connectivity index (χ0) is 37.3. The monoisotopic (exact) mass is 730 g/mol. The molecule has 1 atom stereocenters. The number of fused-ring (bicyclic) bond motifs is 1. The van der Waals surface area contributed by atoms with Gasteiger partial charge in [0.2, 0.25) is 17.8 Å². The molecule has 3 aliphatic heterocycles. The van der Waals surface area contributed by atoms with Crippen LogP contribution in [0, 0.1) is 12.8 Å². The first kappa shape index (κ1) is 36.0. The zero-order valence-corrected chi connectivity index (χ0v) is 31.4. The van der Waals surface area contributed by atoms with Crippen LogP contribution in [0.25, 0.3) is 11.0 Å². The third-order valence-corrected chi connectivity index (χ3v) is 12.4. The van der Waals surface area contributed by atoms with Crippen LogP contribution in [-0.4, -0.2) is 74.2 Å². The highest BCUT2D eigenvalue weighted by atomic mass is 16.2. The highest BCUT2D eigenvalue weighted by molar-refractivity contribution is 6.01. The fourth-order valence-corrected chi connectivity index (χ4v) is 9.32. The molecule has 3 saturated heterocycles. The van der Waals surface area contributed by atoms with Crippen molar-refractivity contribution < 1.29 is 14.4 Å². The molecule has 4 aromatic rings. The molecule has 4 aliphatic rings. The van der Waals surface area contributed by atoms with E-state index in [0.29, 0.717) is 47.8 Å². The topological polar surface area (TPSA) is 142 Å². The molecule has 0 radical (unpaired) electrons. The average Bonchev–Trinajstić information content (AvgIpc) is 3.71. The summed E-state index contributed by atoms with van der Waals surface area (Å²) < 4.78 is 1.73. The number of anilines is 3. The Bertz CT molecular complexity index is 2090. The van der Waals surface area contributed by atoms with Crippen molar-refractivity contribution >= 4 is 46.1 Å². The van der Waals surface area contributed by atoms with E-state index in [1.165, 1.54) is 31.0 Å². The number of piperidine rings is 3. The number of rotatable bonds is 9. The lowest BCUT2D eigenvalue weighted by molar-refractivity contribution is -0.134. The minimum Gasteiger partial charge on any atom is -0.371 e. The number of carbonyl (C=O) groups excluding carboxylic acids is 3. The van der Waals surface area contributed by atoms with Gasteiger partial charge < -0.3 is 15.1 Å². The lowest BCUT2D eigenvalue weighted by Crippen LogP contribution is -2.48. The molecule has 282 valence electrons. The van der Waals surface area contributed by atoms with E-state index in [2.05, 4.69) is 55.7 Å². The van der Waals surface area contributed by atoms with Gasteiger partial charge >= 0.3 is 0 Å². The van der Waals surface area contributed by atoms with Crippen molar-refractivity contribution in [3.05, 3.63) is 81.4 Å². The van der Waals surface area contributed by atoms with Crippen LogP contribution >= 0.6 is 0 Å². The summed E-state index contributed by atoms with van der Waals surface area (Å²) >= 11 is 0. The second kappa shape index (κ2) is 15.4. The number of carbonyl (C=O) groups is 3. The van der Waals surface area contributed by atoms with Crippen molar-refractivity contribution in [2.75, 3.05) is 36.4 Å². The van der Waals surface area contributed by atoms with Crippen molar-refractivity contribution in [1.82, 2.24) is 29.7 Å². The zero-order valence-electron chi connectivity index (χ0n) is 31.4. The molecule has 4 fully saturated rings. The van der Waals surface area contributed by atoms with Crippen molar-refractivity contribution in [1.29, 1.82) is 0 Å². The smallest absolute Gasteiger partial charge is 0.263 e. The van der Waals surface area contributed by atoms with Crippen LogP contribution in [0.1, 0.15) is 110 Å². The van der Waals surface area contributed by atoms with E-state index in [9.17, 15) is 19.2 Å². The first-order valence-electron chi connectivity index (χ1n) is 19.8. The minimum atomic E-state index is -0.254. The van der Waals surface area contributed by atoms with Gasteiger partial charge in [-0.3, -0.25) is 29.1 Å². The maximum Gasteiger partial charge on any atom is 0.263 e. The summed E-state index contributed by atoms with van der Waals surface area (Å²) in [6.07, 6.45) is 14.2. The SMILES string of the molecule is CC(=O)c1c(C)c2cnc(Nc3ccc(CC4CCN(C5CCN(c6ccc(C7CCC(=O)NC7=O)cc6)CC5)CC4)cn3)nc2n(C2CCCC2)c1=O. The Morgan fingerprint density at radius 2 is 1.59 bits per heavy atom. The minimum absolute atomic E-state index is 0.0312. The van der Waals surface area contributed by atoms with Gasteiger partial charge in [-0.05, 0) is 119 Å². The maximum absolute atomic E-state index is 13.6.